The van der Waals surface area contributed by atoms with Gasteiger partial charge < -0.3 is 16.0 Å². The Labute approximate surface area is 103 Å². The molecule has 0 bridgehead atoms. The maximum absolute atomic E-state index is 11.2. The Morgan fingerprint density at radius 2 is 2.17 bits per heavy atom. The number of carbonyl (C=O) groups excluding carboxylic acids is 1. The van der Waals surface area contributed by atoms with Crippen molar-refractivity contribution in [2.24, 2.45) is 11.7 Å². The summed E-state index contributed by atoms with van der Waals surface area (Å²) in [4.78, 5) is 23.5. The highest BCUT2D eigenvalue weighted by molar-refractivity contribution is 5.81. The molecule has 1 aliphatic carbocycles. The molecule has 2 aromatic heterocycles. The van der Waals surface area contributed by atoms with Crippen LogP contribution in [0, 0.1) is 5.92 Å². The minimum absolute atomic E-state index is 0.0494. The third-order valence-electron chi connectivity index (χ3n) is 3.59. The highest BCUT2D eigenvalue weighted by Gasteiger charge is 2.30. The van der Waals surface area contributed by atoms with Crippen LogP contribution in [0.25, 0.3) is 11.2 Å². The second-order valence-electron chi connectivity index (χ2n) is 4.65. The summed E-state index contributed by atoms with van der Waals surface area (Å²) in [5, 5.41) is 0. The van der Waals surface area contributed by atoms with Crippen LogP contribution >= 0.6 is 0 Å². The average Bonchev–Trinajstić information content (AvgIpc) is 2.94. The van der Waals surface area contributed by atoms with E-state index in [2.05, 4.69) is 15.0 Å². The minimum atomic E-state index is -0.226. The molecule has 2 atom stereocenters. The summed E-state index contributed by atoms with van der Waals surface area (Å²) in [6, 6.07) is 0.210. The Hall–Kier alpha value is -2.18. The zero-order valence-electron chi connectivity index (χ0n) is 9.78. The third-order valence-corrected chi connectivity index (χ3v) is 3.59. The Balaban J connectivity index is 1.96. The van der Waals surface area contributed by atoms with Crippen molar-refractivity contribution in [1.29, 1.82) is 0 Å². The van der Waals surface area contributed by atoms with Crippen LogP contribution in [0.15, 0.2) is 12.7 Å². The van der Waals surface area contributed by atoms with Crippen molar-refractivity contribution in [3.05, 3.63) is 12.7 Å². The molecule has 1 aliphatic rings. The summed E-state index contributed by atoms with van der Waals surface area (Å²) < 4.78 is 1.97. The first-order valence-electron chi connectivity index (χ1n) is 5.89. The van der Waals surface area contributed by atoms with Crippen molar-refractivity contribution in [2.45, 2.75) is 25.3 Å². The van der Waals surface area contributed by atoms with Crippen LogP contribution in [0.4, 0.5) is 5.82 Å². The van der Waals surface area contributed by atoms with E-state index in [4.69, 9.17) is 11.5 Å². The number of nitrogens with two attached hydrogens (primary N) is 2. The number of anilines is 1. The van der Waals surface area contributed by atoms with E-state index in [1.807, 2.05) is 4.57 Å². The first-order chi connectivity index (χ1) is 8.66. The van der Waals surface area contributed by atoms with Crippen LogP contribution in [-0.4, -0.2) is 25.4 Å². The molecule has 18 heavy (non-hydrogen) atoms. The van der Waals surface area contributed by atoms with Gasteiger partial charge in [-0.1, -0.05) is 0 Å². The summed E-state index contributed by atoms with van der Waals surface area (Å²) >= 11 is 0. The van der Waals surface area contributed by atoms with E-state index in [0.29, 0.717) is 11.3 Å². The predicted molar refractivity (Wildman–Crippen MR) is 65.3 cm³/mol. The SMILES string of the molecule is NC(=O)C1CCC(n2cnc3c(N)ncnc32)C1. The van der Waals surface area contributed by atoms with Crippen molar-refractivity contribution in [3.63, 3.8) is 0 Å². The van der Waals surface area contributed by atoms with Crippen LogP contribution < -0.4 is 11.5 Å². The molecule has 94 valence electrons. The second-order valence-corrected chi connectivity index (χ2v) is 4.65. The van der Waals surface area contributed by atoms with Crippen molar-refractivity contribution in [2.75, 3.05) is 5.73 Å². The maximum atomic E-state index is 11.2. The molecule has 2 unspecified atom stereocenters. The fourth-order valence-corrected chi connectivity index (χ4v) is 2.61. The molecule has 2 heterocycles. The van der Waals surface area contributed by atoms with Crippen LogP contribution in [0.2, 0.25) is 0 Å². The van der Waals surface area contributed by atoms with E-state index >= 15 is 0 Å². The molecule has 4 N–H and O–H groups in total. The van der Waals surface area contributed by atoms with Crippen molar-refractivity contribution in [3.8, 4) is 0 Å². The van der Waals surface area contributed by atoms with Gasteiger partial charge in [-0.25, -0.2) is 15.0 Å². The highest BCUT2D eigenvalue weighted by Crippen LogP contribution is 2.35. The van der Waals surface area contributed by atoms with E-state index in [0.717, 1.165) is 24.9 Å². The van der Waals surface area contributed by atoms with Gasteiger partial charge >= 0.3 is 0 Å². The van der Waals surface area contributed by atoms with E-state index in [9.17, 15) is 4.79 Å². The number of amides is 1. The lowest BCUT2D eigenvalue weighted by atomic mass is 10.1. The highest BCUT2D eigenvalue weighted by atomic mass is 16.1. The first kappa shape index (κ1) is 10.9. The minimum Gasteiger partial charge on any atom is -0.382 e. The van der Waals surface area contributed by atoms with Crippen molar-refractivity contribution >= 4 is 22.9 Å². The topological polar surface area (TPSA) is 113 Å². The summed E-state index contributed by atoms with van der Waals surface area (Å²) in [5.74, 6) is 0.103. The Morgan fingerprint density at radius 1 is 1.33 bits per heavy atom. The molecule has 7 nitrogen and oxygen atoms in total. The smallest absolute Gasteiger partial charge is 0.220 e. The van der Waals surface area contributed by atoms with E-state index < -0.39 is 0 Å². The number of rotatable bonds is 2. The quantitative estimate of drug-likeness (QED) is 0.787. The summed E-state index contributed by atoms with van der Waals surface area (Å²) in [6.07, 6.45) is 5.61. The molecule has 0 radical (unpaired) electrons. The molecule has 3 rings (SSSR count). The standard InChI is InChI=1S/C11H14N6O/c12-9-8-11(15-4-14-9)17(5-16-8)7-2-1-6(3-7)10(13)18/h4-7H,1-3H2,(H2,13,18)(H2,12,14,15). The molecule has 7 heteroatoms. The zero-order chi connectivity index (χ0) is 12.7. The van der Waals surface area contributed by atoms with Crippen molar-refractivity contribution in [1.82, 2.24) is 19.5 Å². The van der Waals surface area contributed by atoms with Gasteiger partial charge in [0.05, 0.1) is 6.33 Å². The van der Waals surface area contributed by atoms with E-state index in [1.165, 1.54) is 6.33 Å². The number of fused-ring (bicyclic) bond motifs is 1. The molecule has 0 saturated heterocycles. The van der Waals surface area contributed by atoms with Crippen molar-refractivity contribution < 1.29 is 4.79 Å². The van der Waals surface area contributed by atoms with Gasteiger partial charge in [-0.05, 0) is 19.3 Å². The number of carbonyl (C=O) groups is 1. The summed E-state index contributed by atoms with van der Waals surface area (Å²) in [6.45, 7) is 0. The Kier molecular flexibility index (Phi) is 2.39. The monoisotopic (exact) mass is 246 g/mol. The number of aromatic nitrogens is 4. The van der Waals surface area contributed by atoms with Crippen LogP contribution in [0.3, 0.4) is 0 Å². The number of primary amides is 1. The molecular weight excluding hydrogens is 232 g/mol. The maximum Gasteiger partial charge on any atom is 0.220 e. The largest absolute Gasteiger partial charge is 0.382 e. The van der Waals surface area contributed by atoms with Gasteiger partial charge in [-0.3, -0.25) is 4.79 Å². The van der Waals surface area contributed by atoms with Gasteiger partial charge in [-0.15, -0.1) is 0 Å². The normalized spacial score (nSPS) is 23.6. The lowest BCUT2D eigenvalue weighted by Gasteiger charge is -2.12. The van der Waals surface area contributed by atoms with Gasteiger partial charge in [0.2, 0.25) is 5.91 Å². The molecule has 0 spiro atoms. The van der Waals surface area contributed by atoms with Gasteiger partial charge in [0.25, 0.3) is 0 Å². The second kappa shape index (κ2) is 3.94. The molecule has 2 aromatic rings. The molecular formula is C11H14N6O. The number of imidazole rings is 1. The summed E-state index contributed by atoms with van der Waals surface area (Å²) in [7, 11) is 0. The number of nitrogens with zero attached hydrogens (tertiary/aromatic N) is 4. The summed E-state index contributed by atoms with van der Waals surface area (Å²) in [5.41, 5.74) is 12.4. The van der Waals surface area contributed by atoms with Crippen LogP contribution in [0.1, 0.15) is 25.3 Å². The molecule has 1 fully saturated rings. The van der Waals surface area contributed by atoms with Gasteiger partial charge in [0.1, 0.15) is 11.8 Å². The third kappa shape index (κ3) is 1.59. The van der Waals surface area contributed by atoms with E-state index in [1.54, 1.807) is 6.33 Å². The van der Waals surface area contributed by atoms with Gasteiger partial charge in [-0.2, -0.15) is 0 Å². The lowest BCUT2D eigenvalue weighted by molar-refractivity contribution is -0.121. The fourth-order valence-electron chi connectivity index (χ4n) is 2.61. The Bertz CT molecular complexity index is 607. The number of hydrogen-bond donors (Lipinski definition) is 2. The Morgan fingerprint density at radius 3 is 2.89 bits per heavy atom. The molecule has 0 aromatic carbocycles. The fraction of sp³-hybridized carbons (Fsp3) is 0.455. The molecule has 1 amide bonds. The lowest BCUT2D eigenvalue weighted by Crippen LogP contribution is -2.21. The average molecular weight is 246 g/mol. The van der Waals surface area contributed by atoms with Crippen LogP contribution in [0.5, 0.6) is 0 Å². The predicted octanol–water partition coefficient (Wildman–Crippen LogP) is 0.235. The molecule has 0 aliphatic heterocycles. The zero-order valence-corrected chi connectivity index (χ0v) is 9.78. The van der Waals surface area contributed by atoms with Crippen LogP contribution in [-0.2, 0) is 4.79 Å². The molecule has 1 saturated carbocycles. The van der Waals surface area contributed by atoms with Gasteiger partial charge in [0, 0.05) is 12.0 Å². The van der Waals surface area contributed by atoms with E-state index in [-0.39, 0.29) is 17.9 Å². The first-order valence-corrected chi connectivity index (χ1v) is 5.89. The number of nitrogen functional groups attached to an aromatic ring is 1. The number of hydrogen-bond acceptors (Lipinski definition) is 5. The van der Waals surface area contributed by atoms with Gasteiger partial charge in [0.15, 0.2) is 11.5 Å².